The van der Waals surface area contributed by atoms with Crippen LogP contribution in [0.4, 0.5) is 0 Å². The Balaban J connectivity index is 0.00000204. The van der Waals surface area contributed by atoms with Gasteiger partial charge in [-0.3, -0.25) is 4.98 Å². The fraction of sp³-hybridized carbons (Fsp3) is 0.250. The number of nitrogens with zero attached hydrogens (tertiary/aromatic N) is 2. The number of imidazole rings is 1. The zero-order valence-corrected chi connectivity index (χ0v) is 19.0. The fourth-order valence-electron chi connectivity index (χ4n) is 5.51. The van der Waals surface area contributed by atoms with Gasteiger partial charge in [-0.2, -0.15) is 0 Å². The first-order chi connectivity index (χ1) is 14.4. The van der Waals surface area contributed by atoms with Crippen molar-refractivity contribution < 1.29 is 18.9 Å². The molecular weight excluding hydrogens is 371 g/mol. The van der Waals surface area contributed by atoms with Gasteiger partial charge in [-0.15, -0.1) is 29.7 Å². The van der Waals surface area contributed by atoms with Gasteiger partial charge in [-0.05, 0) is 65.8 Å². The molecule has 0 saturated carbocycles. The SMILES string of the molecule is Cc1cccc(C)c1-c1cnc2c3[c-]cccc3c3cc4c(cc3n12)CC(C)(C)C4.[Li+]. The number of pyridine rings is 1. The Morgan fingerprint density at radius 3 is 2.39 bits per heavy atom. The van der Waals surface area contributed by atoms with Crippen molar-refractivity contribution >= 4 is 27.3 Å². The predicted molar refractivity (Wildman–Crippen MR) is 125 cm³/mol. The molecule has 0 saturated heterocycles. The van der Waals surface area contributed by atoms with Crippen LogP contribution in [0, 0.1) is 25.3 Å². The summed E-state index contributed by atoms with van der Waals surface area (Å²) in [5, 5.41) is 3.64. The molecule has 2 heterocycles. The average molecular weight is 396 g/mol. The van der Waals surface area contributed by atoms with Crippen molar-refractivity contribution in [3.63, 3.8) is 0 Å². The van der Waals surface area contributed by atoms with E-state index in [4.69, 9.17) is 4.98 Å². The maximum absolute atomic E-state index is 4.91. The summed E-state index contributed by atoms with van der Waals surface area (Å²) in [5.41, 5.74) is 10.6. The first kappa shape index (κ1) is 20.4. The summed E-state index contributed by atoms with van der Waals surface area (Å²) in [4.78, 5) is 4.91. The van der Waals surface area contributed by atoms with Gasteiger partial charge in [0, 0.05) is 17.3 Å². The third-order valence-corrected chi connectivity index (χ3v) is 6.77. The maximum Gasteiger partial charge on any atom is 1.00 e. The Morgan fingerprint density at radius 2 is 1.65 bits per heavy atom. The van der Waals surface area contributed by atoms with E-state index in [1.807, 2.05) is 12.3 Å². The maximum atomic E-state index is 4.91. The second kappa shape index (κ2) is 6.99. The van der Waals surface area contributed by atoms with Crippen molar-refractivity contribution in [1.82, 2.24) is 9.38 Å². The summed E-state index contributed by atoms with van der Waals surface area (Å²) in [6.45, 7) is 9.13. The van der Waals surface area contributed by atoms with Crippen molar-refractivity contribution in [2.75, 3.05) is 0 Å². The Labute approximate surface area is 195 Å². The van der Waals surface area contributed by atoms with E-state index in [9.17, 15) is 0 Å². The van der Waals surface area contributed by atoms with Crippen molar-refractivity contribution in [3.05, 3.63) is 83.0 Å². The zero-order valence-electron chi connectivity index (χ0n) is 19.0. The molecule has 0 atom stereocenters. The van der Waals surface area contributed by atoms with Crippen LogP contribution in [0.25, 0.3) is 38.6 Å². The summed E-state index contributed by atoms with van der Waals surface area (Å²) in [5.74, 6) is 0. The van der Waals surface area contributed by atoms with Gasteiger partial charge < -0.3 is 4.40 Å². The first-order valence-corrected chi connectivity index (χ1v) is 10.7. The van der Waals surface area contributed by atoms with E-state index in [1.54, 1.807) is 0 Å². The Bertz CT molecular complexity index is 1470. The molecule has 0 bridgehead atoms. The van der Waals surface area contributed by atoms with Gasteiger partial charge in [-0.1, -0.05) is 43.5 Å². The van der Waals surface area contributed by atoms with Gasteiger partial charge in [0.2, 0.25) is 0 Å². The molecule has 2 nitrogen and oxygen atoms in total. The molecule has 6 rings (SSSR count). The van der Waals surface area contributed by atoms with E-state index in [2.05, 4.69) is 80.6 Å². The van der Waals surface area contributed by atoms with Crippen LogP contribution in [0.2, 0.25) is 0 Å². The third kappa shape index (κ3) is 2.97. The number of hydrogen-bond donors (Lipinski definition) is 0. The standard InChI is InChI=1S/C28H25N2.Li/c1-17-8-7-9-18(2)26(17)25-16-29-27-22-11-6-5-10-21(22)23-12-19-14-28(3,4)15-20(19)13-24(23)30(25)27;/h5-10,12-13,16H,14-15H2,1-4H3;/q-1;+1. The molecule has 148 valence electrons. The molecule has 0 unspecified atom stereocenters. The van der Waals surface area contributed by atoms with Crippen LogP contribution in [0.15, 0.2) is 54.7 Å². The van der Waals surface area contributed by atoms with Crippen molar-refractivity contribution in [2.24, 2.45) is 5.41 Å². The van der Waals surface area contributed by atoms with Crippen LogP contribution in [-0.2, 0) is 12.8 Å². The molecule has 5 aromatic rings. The molecule has 3 heteroatoms. The van der Waals surface area contributed by atoms with Crippen LogP contribution in [0.5, 0.6) is 0 Å². The monoisotopic (exact) mass is 396 g/mol. The first-order valence-electron chi connectivity index (χ1n) is 10.7. The van der Waals surface area contributed by atoms with E-state index in [0.717, 1.165) is 23.9 Å². The Kier molecular flexibility index (Phi) is 4.59. The predicted octanol–water partition coefficient (Wildman–Crippen LogP) is 3.85. The summed E-state index contributed by atoms with van der Waals surface area (Å²) in [7, 11) is 0. The van der Waals surface area contributed by atoms with E-state index in [0.29, 0.717) is 5.41 Å². The summed E-state index contributed by atoms with van der Waals surface area (Å²) >= 11 is 0. The molecule has 0 radical (unpaired) electrons. The average Bonchev–Trinajstić information content (AvgIpc) is 3.26. The normalized spacial score (nSPS) is 14.8. The van der Waals surface area contributed by atoms with Crippen LogP contribution in [0.1, 0.15) is 36.1 Å². The zero-order chi connectivity index (χ0) is 20.6. The molecule has 1 aliphatic rings. The number of aromatic nitrogens is 2. The fourth-order valence-corrected chi connectivity index (χ4v) is 5.51. The van der Waals surface area contributed by atoms with Crippen LogP contribution in [-0.4, -0.2) is 9.38 Å². The molecule has 0 amide bonds. The van der Waals surface area contributed by atoms with Crippen LogP contribution >= 0.6 is 0 Å². The Hall–Kier alpha value is -2.53. The number of benzene rings is 3. The second-order valence-corrected chi connectivity index (χ2v) is 9.68. The van der Waals surface area contributed by atoms with Gasteiger partial charge in [0.15, 0.2) is 0 Å². The van der Waals surface area contributed by atoms with E-state index in [1.165, 1.54) is 49.8 Å². The number of aryl methyl sites for hydroxylation is 2. The van der Waals surface area contributed by atoms with Crippen molar-refractivity contribution in [2.45, 2.75) is 40.5 Å². The van der Waals surface area contributed by atoms with Gasteiger partial charge in [0.25, 0.3) is 0 Å². The number of hydrogen-bond acceptors (Lipinski definition) is 1. The largest absolute Gasteiger partial charge is 1.00 e. The van der Waals surface area contributed by atoms with Gasteiger partial charge >= 0.3 is 18.9 Å². The Morgan fingerprint density at radius 1 is 0.935 bits per heavy atom. The van der Waals surface area contributed by atoms with Crippen molar-refractivity contribution in [3.8, 4) is 11.3 Å². The summed E-state index contributed by atoms with van der Waals surface area (Å²) in [6.07, 6.45) is 4.32. The molecule has 0 N–H and O–H groups in total. The number of rotatable bonds is 1. The molecule has 3 aromatic carbocycles. The molecule has 0 spiro atoms. The minimum absolute atomic E-state index is 0. The molecule has 1 aliphatic carbocycles. The van der Waals surface area contributed by atoms with Gasteiger partial charge in [0.1, 0.15) is 0 Å². The van der Waals surface area contributed by atoms with Gasteiger partial charge in [0.05, 0.1) is 11.3 Å². The number of fused-ring (bicyclic) bond motifs is 7. The summed E-state index contributed by atoms with van der Waals surface area (Å²) in [6, 6.07) is 21.2. The quantitative estimate of drug-likeness (QED) is 0.239. The van der Waals surface area contributed by atoms with E-state index in [-0.39, 0.29) is 18.9 Å². The second-order valence-electron chi connectivity index (χ2n) is 9.68. The third-order valence-electron chi connectivity index (χ3n) is 6.77. The molecule has 0 fully saturated rings. The molecule has 2 aromatic heterocycles. The van der Waals surface area contributed by atoms with E-state index >= 15 is 0 Å². The minimum atomic E-state index is 0. The van der Waals surface area contributed by atoms with Gasteiger partial charge in [-0.25, -0.2) is 0 Å². The summed E-state index contributed by atoms with van der Waals surface area (Å²) < 4.78 is 2.37. The molecule has 0 aliphatic heterocycles. The minimum Gasteiger partial charge on any atom is -0.333 e. The van der Waals surface area contributed by atoms with Crippen LogP contribution in [0.3, 0.4) is 0 Å². The smallest absolute Gasteiger partial charge is 0.333 e. The molecule has 31 heavy (non-hydrogen) atoms. The van der Waals surface area contributed by atoms with Crippen LogP contribution < -0.4 is 18.9 Å². The van der Waals surface area contributed by atoms with Crippen molar-refractivity contribution in [1.29, 1.82) is 0 Å². The van der Waals surface area contributed by atoms with E-state index < -0.39 is 0 Å². The topological polar surface area (TPSA) is 17.3 Å². The molecular formula is C28H25LiN2.